The summed E-state index contributed by atoms with van der Waals surface area (Å²) in [6.45, 7) is 1.93. The molecule has 2 heterocycles. The van der Waals surface area contributed by atoms with Gasteiger partial charge in [-0.1, -0.05) is 6.92 Å². The first-order chi connectivity index (χ1) is 10.0. The maximum absolute atomic E-state index is 12.1. The first kappa shape index (κ1) is 15.7. The number of hydrogen-bond acceptors (Lipinski definition) is 5. The Morgan fingerprint density at radius 1 is 1.43 bits per heavy atom. The van der Waals surface area contributed by atoms with Crippen molar-refractivity contribution in [2.24, 2.45) is 0 Å². The lowest BCUT2D eigenvalue weighted by Gasteiger charge is -2.01. The van der Waals surface area contributed by atoms with E-state index in [1.165, 1.54) is 11.3 Å². The topological polar surface area (TPSA) is 79.5 Å². The number of hydrogen-bond donors (Lipinski definition) is 2. The van der Waals surface area contributed by atoms with Gasteiger partial charge in [0.25, 0.3) is 5.91 Å². The summed E-state index contributed by atoms with van der Waals surface area (Å²) >= 11 is 2.86. The fourth-order valence-electron chi connectivity index (χ4n) is 1.75. The maximum Gasteiger partial charge on any atom is 0.338 e. The van der Waals surface area contributed by atoms with Crippen LogP contribution < -0.4 is 5.32 Å². The highest BCUT2D eigenvalue weighted by Gasteiger charge is 2.19. The minimum absolute atomic E-state index is 0.112. The van der Waals surface area contributed by atoms with E-state index in [0.29, 0.717) is 16.5 Å². The molecule has 0 aromatic carbocycles. The van der Waals surface area contributed by atoms with Crippen LogP contribution in [0.3, 0.4) is 0 Å². The minimum Gasteiger partial charge on any atom is -0.478 e. The average molecular weight is 325 g/mol. The zero-order chi connectivity index (χ0) is 15.4. The number of aryl methyl sites for hydroxylation is 1. The Labute approximate surface area is 130 Å². The van der Waals surface area contributed by atoms with Crippen molar-refractivity contribution >= 4 is 40.0 Å². The number of furan rings is 1. The lowest BCUT2D eigenvalue weighted by molar-refractivity contribution is 0.0698. The molecule has 0 saturated carbocycles. The molecule has 2 aromatic rings. The van der Waals surface area contributed by atoms with Crippen LogP contribution in [0.25, 0.3) is 0 Å². The standard InChI is InChI=1S/C14H15NO4S2/c1-3-9-6-10(14(17)18)13(21-9)15-12(16)11-5-4-8(19-11)7-20-2/h4-6H,3,7H2,1-2H3,(H,15,16)(H,17,18). The van der Waals surface area contributed by atoms with Gasteiger partial charge in [-0.15, -0.1) is 11.3 Å². The molecule has 0 radical (unpaired) electrons. The van der Waals surface area contributed by atoms with E-state index in [1.807, 2.05) is 13.2 Å². The van der Waals surface area contributed by atoms with Gasteiger partial charge in [-0.3, -0.25) is 4.79 Å². The molecule has 7 heteroatoms. The third-order valence-corrected chi connectivity index (χ3v) is 4.53. The van der Waals surface area contributed by atoms with Crippen molar-refractivity contribution in [1.82, 2.24) is 0 Å². The summed E-state index contributed by atoms with van der Waals surface area (Å²) in [5, 5.41) is 12.1. The molecule has 2 aromatic heterocycles. The molecule has 0 atom stereocenters. The largest absolute Gasteiger partial charge is 0.478 e. The molecule has 0 fully saturated rings. The van der Waals surface area contributed by atoms with E-state index >= 15 is 0 Å². The van der Waals surface area contributed by atoms with E-state index in [9.17, 15) is 9.59 Å². The van der Waals surface area contributed by atoms with Gasteiger partial charge < -0.3 is 14.8 Å². The number of amides is 1. The number of carboxylic acids is 1. The fourth-order valence-corrected chi connectivity index (χ4v) is 3.18. The smallest absolute Gasteiger partial charge is 0.338 e. The molecule has 21 heavy (non-hydrogen) atoms. The van der Waals surface area contributed by atoms with E-state index < -0.39 is 11.9 Å². The molecule has 112 valence electrons. The Morgan fingerprint density at radius 2 is 2.19 bits per heavy atom. The number of carboxylic acid groups (broad SMARTS) is 1. The number of thiophene rings is 1. The number of thioether (sulfide) groups is 1. The Kier molecular flexibility index (Phi) is 5.08. The van der Waals surface area contributed by atoms with Gasteiger partial charge in [0, 0.05) is 4.88 Å². The van der Waals surface area contributed by atoms with Crippen molar-refractivity contribution in [2.45, 2.75) is 19.1 Å². The summed E-state index contributed by atoms with van der Waals surface area (Å²) in [5.41, 5.74) is 0.112. The highest BCUT2D eigenvalue weighted by Crippen LogP contribution is 2.29. The zero-order valence-electron chi connectivity index (χ0n) is 11.6. The van der Waals surface area contributed by atoms with Crippen LogP contribution in [0.4, 0.5) is 5.00 Å². The zero-order valence-corrected chi connectivity index (χ0v) is 13.3. The Hall–Kier alpha value is -1.73. The molecule has 0 bridgehead atoms. The van der Waals surface area contributed by atoms with Crippen molar-refractivity contribution in [1.29, 1.82) is 0 Å². The number of carbonyl (C=O) groups is 2. The number of rotatable bonds is 6. The second kappa shape index (κ2) is 6.82. The van der Waals surface area contributed by atoms with Crippen LogP contribution in [0, 0.1) is 0 Å². The van der Waals surface area contributed by atoms with E-state index in [0.717, 1.165) is 11.3 Å². The van der Waals surface area contributed by atoms with Crippen LogP contribution >= 0.6 is 23.1 Å². The van der Waals surface area contributed by atoms with Gasteiger partial charge in [-0.2, -0.15) is 11.8 Å². The normalized spacial score (nSPS) is 10.6. The first-order valence-corrected chi connectivity index (χ1v) is 8.51. The predicted octanol–water partition coefficient (Wildman–Crippen LogP) is 3.72. The monoisotopic (exact) mass is 325 g/mol. The molecular weight excluding hydrogens is 310 g/mol. The van der Waals surface area contributed by atoms with E-state index in [-0.39, 0.29) is 11.3 Å². The van der Waals surface area contributed by atoms with Crippen LogP contribution in [-0.4, -0.2) is 23.2 Å². The maximum atomic E-state index is 12.1. The van der Waals surface area contributed by atoms with Gasteiger partial charge in [0.15, 0.2) is 5.76 Å². The van der Waals surface area contributed by atoms with Gasteiger partial charge in [0.1, 0.15) is 10.8 Å². The van der Waals surface area contributed by atoms with Crippen LogP contribution in [-0.2, 0) is 12.2 Å². The fraction of sp³-hybridized carbons (Fsp3) is 0.286. The molecule has 2 rings (SSSR count). The molecule has 0 aliphatic heterocycles. The van der Waals surface area contributed by atoms with Crippen molar-refractivity contribution in [3.8, 4) is 0 Å². The molecule has 2 N–H and O–H groups in total. The lowest BCUT2D eigenvalue weighted by Crippen LogP contribution is -2.12. The number of aromatic carboxylic acids is 1. The molecule has 0 unspecified atom stereocenters. The first-order valence-electron chi connectivity index (χ1n) is 6.30. The molecule has 0 aliphatic carbocycles. The van der Waals surface area contributed by atoms with Gasteiger partial charge >= 0.3 is 5.97 Å². The summed E-state index contributed by atoms with van der Waals surface area (Å²) in [6, 6.07) is 4.93. The molecule has 1 amide bonds. The Bertz CT molecular complexity index is 660. The van der Waals surface area contributed by atoms with E-state index in [2.05, 4.69) is 5.32 Å². The number of nitrogens with one attached hydrogen (secondary N) is 1. The van der Waals surface area contributed by atoms with E-state index in [4.69, 9.17) is 9.52 Å². The highest BCUT2D eigenvalue weighted by atomic mass is 32.2. The van der Waals surface area contributed by atoms with Gasteiger partial charge in [0.2, 0.25) is 0 Å². The van der Waals surface area contributed by atoms with Crippen LogP contribution in [0.5, 0.6) is 0 Å². The second-order valence-electron chi connectivity index (χ2n) is 4.27. The number of carbonyl (C=O) groups excluding carboxylic acids is 1. The quantitative estimate of drug-likeness (QED) is 0.846. The van der Waals surface area contributed by atoms with Crippen LogP contribution in [0.2, 0.25) is 0 Å². The predicted molar refractivity (Wildman–Crippen MR) is 84.5 cm³/mol. The summed E-state index contributed by atoms with van der Waals surface area (Å²) in [7, 11) is 0. The lowest BCUT2D eigenvalue weighted by atomic mass is 10.2. The average Bonchev–Trinajstić information content (AvgIpc) is 3.05. The molecule has 0 spiro atoms. The molecule has 0 saturated heterocycles. The summed E-state index contributed by atoms with van der Waals surface area (Å²) < 4.78 is 5.42. The van der Waals surface area contributed by atoms with Crippen molar-refractivity contribution in [3.05, 3.63) is 40.2 Å². The van der Waals surface area contributed by atoms with Gasteiger partial charge in [-0.25, -0.2) is 4.79 Å². The molecular formula is C14H15NO4S2. The highest BCUT2D eigenvalue weighted by molar-refractivity contribution is 7.97. The van der Waals surface area contributed by atoms with Crippen LogP contribution in [0.15, 0.2) is 22.6 Å². The Balaban J connectivity index is 2.18. The van der Waals surface area contributed by atoms with Crippen molar-refractivity contribution in [3.63, 3.8) is 0 Å². The van der Waals surface area contributed by atoms with E-state index in [1.54, 1.807) is 30.0 Å². The van der Waals surface area contributed by atoms with Crippen molar-refractivity contribution < 1.29 is 19.1 Å². The third kappa shape index (κ3) is 3.68. The van der Waals surface area contributed by atoms with Gasteiger partial charge in [0.05, 0.1) is 11.3 Å². The summed E-state index contributed by atoms with van der Waals surface area (Å²) in [4.78, 5) is 24.2. The summed E-state index contributed by atoms with van der Waals surface area (Å²) in [6.07, 6.45) is 2.67. The SMILES string of the molecule is CCc1cc(C(=O)O)c(NC(=O)c2ccc(CSC)o2)s1. The van der Waals surface area contributed by atoms with Crippen LogP contribution in [0.1, 0.15) is 38.5 Å². The minimum atomic E-state index is -1.05. The number of anilines is 1. The second-order valence-corrected chi connectivity index (χ2v) is 6.27. The Morgan fingerprint density at radius 3 is 2.81 bits per heavy atom. The summed E-state index contributed by atoms with van der Waals surface area (Å²) in [5.74, 6) is 0.0959. The molecule has 5 nitrogen and oxygen atoms in total. The third-order valence-electron chi connectivity index (χ3n) is 2.76. The molecule has 0 aliphatic rings. The van der Waals surface area contributed by atoms with Crippen molar-refractivity contribution in [2.75, 3.05) is 11.6 Å². The van der Waals surface area contributed by atoms with Gasteiger partial charge in [-0.05, 0) is 30.9 Å².